The number of anilines is 1. The van der Waals surface area contributed by atoms with Crippen molar-refractivity contribution in [1.82, 2.24) is 0 Å². The molecule has 0 amide bonds. The first-order chi connectivity index (χ1) is 31.4. The number of fused-ring (bicyclic) bond motifs is 2. The smallest absolute Gasteiger partial charge is 0.397 e. The zero-order valence-electron chi connectivity index (χ0n) is 33.4. The summed E-state index contributed by atoms with van der Waals surface area (Å²) in [5.41, 5.74) is -4.12. The molecule has 5 aromatic rings. The first kappa shape index (κ1) is 54.6. The van der Waals surface area contributed by atoms with E-state index in [2.05, 4.69) is 34.1 Å². The summed E-state index contributed by atoms with van der Waals surface area (Å²) in [4.78, 5) is -5.13. The van der Waals surface area contributed by atoms with Crippen LogP contribution in [0.3, 0.4) is 0 Å². The maximum absolute atomic E-state index is 12.8. The standard InChI is InChI=1S/C31H29N5O25S8/c37-30-21-5-8-24(32-16-64(42,43)44)28(35-33-23-7-3-19(14-26(23)65(45,46)47)63(40,41)12-10-61-69(57,58)59)22(21)15-27(66(48,49)50)29(30)36-34-25-6-1-17-13-18(2-4-20(17)31(25)67(51,52)53)62(38,39)11-9-60-68(54,55)56/h1-8,13-15,32,37H,9-12,16H2,(H,42,43,44)(H,45,46,47)(H,48,49,50)(H,51,52,53)(H,54,55,56)(H,57,58,59). The molecule has 0 bridgehead atoms. The molecule has 0 atom stereocenters. The highest BCUT2D eigenvalue weighted by atomic mass is 32.3. The molecule has 38 heteroatoms. The van der Waals surface area contributed by atoms with Crippen LogP contribution >= 0.6 is 0 Å². The Morgan fingerprint density at radius 1 is 0.478 bits per heavy atom. The Morgan fingerprint density at radius 2 is 0.971 bits per heavy atom. The third kappa shape index (κ3) is 13.9. The van der Waals surface area contributed by atoms with E-state index >= 15 is 0 Å². The average molecular weight is 1130 g/mol. The molecule has 0 aromatic heterocycles. The molecule has 0 saturated heterocycles. The van der Waals surface area contributed by atoms with Gasteiger partial charge in [-0.25, -0.2) is 25.2 Å². The number of phenolic OH excluding ortho intramolecular Hbond substituents is 1. The molecular formula is C31H29N5O25S8. The Hall–Kier alpha value is -5.30. The molecule has 0 aliphatic carbocycles. The minimum absolute atomic E-state index is 0.209. The summed E-state index contributed by atoms with van der Waals surface area (Å²) in [6.07, 6.45) is 0. The molecule has 0 aliphatic rings. The van der Waals surface area contributed by atoms with E-state index < -0.39 is 186 Å². The second-order valence-electron chi connectivity index (χ2n) is 13.4. The maximum Gasteiger partial charge on any atom is 0.397 e. The van der Waals surface area contributed by atoms with E-state index in [1.807, 2.05) is 0 Å². The lowest BCUT2D eigenvalue weighted by Gasteiger charge is -2.14. The van der Waals surface area contributed by atoms with Crippen LogP contribution in [0.5, 0.6) is 5.75 Å². The summed E-state index contributed by atoms with van der Waals surface area (Å²) in [5, 5.41) is 26.5. The van der Waals surface area contributed by atoms with Crippen molar-refractivity contribution in [2.75, 3.05) is 35.9 Å². The fraction of sp³-hybridized carbons (Fsp3) is 0.161. The SMILES string of the molecule is O=S(=O)(O)CNc1ccc2c(O)c(N=Nc3ccc4cc(S(=O)(=O)CCOS(=O)(=O)O)ccc4c3S(=O)(=O)O)c(S(=O)(=O)O)cc2c1N=Nc1ccc(S(=O)(=O)CCOS(=O)(=O)O)cc1S(=O)(=O)O. The van der Waals surface area contributed by atoms with Crippen molar-refractivity contribution in [2.45, 2.75) is 24.5 Å². The van der Waals surface area contributed by atoms with Gasteiger partial charge in [0.05, 0.1) is 40.2 Å². The summed E-state index contributed by atoms with van der Waals surface area (Å²) in [6.45, 7) is -2.17. The van der Waals surface area contributed by atoms with E-state index in [0.29, 0.717) is 24.3 Å². The van der Waals surface area contributed by atoms with Gasteiger partial charge in [-0.3, -0.25) is 27.3 Å². The molecule has 0 radical (unpaired) electrons. The zero-order chi connectivity index (χ0) is 51.9. The van der Waals surface area contributed by atoms with Crippen LogP contribution in [0.4, 0.5) is 28.4 Å². The highest BCUT2D eigenvalue weighted by molar-refractivity contribution is 7.92. The highest BCUT2D eigenvalue weighted by Gasteiger charge is 2.28. The van der Waals surface area contributed by atoms with Crippen LogP contribution in [0.15, 0.2) is 112 Å². The number of sulfone groups is 2. The summed E-state index contributed by atoms with van der Waals surface area (Å²) in [5.74, 6) is -4.69. The molecule has 0 spiro atoms. The molecule has 0 saturated carbocycles. The largest absolute Gasteiger partial charge is 0.505 e. The quantitative estimate of drug-likeness (QED) is 0.0410. The molecule has 30 nitrogen and oxygen atoms in total. The van der Waals surface area contributed by atoms with E-state index in [1.54, 1.807) is 0 Å². The lowest BCUT2D eigenvalue weighted by molar-refractivity contribution is 0.282. The topological polar surface area (TPSA) is 495 Å². The van der Waals surface area contributed by atoms with Crippen LogP contribution in [0, 0.1) is 0 Å². The maximum atomic E-state index is 12.8. The Balaban J connectivity index is 1.69. The van der Waals surface area contributed by atoms with Gasteiger partial charge in [-0.2, -0.15) is 50.5 Å². The molecular weight excluding hydrogens is 1100 g/mol. The molecule has 5 rings (SSSR count). The predicted octanol–water partition coefficient (Wildman–Crippen LogP) is 2.71. The Kier molecular flexibility index (Phi) is 15.4. The number of hydrogen-bond acceptors (Lipinski definition) is 24. The van der Waals surface area contributed by atoms with Crippen LogP contribution < -0.4 is 5.32 Å². The number of hydrogen-bond donors (Lipinski definition) is 8. The number of azo groups is 2. The third-order valence-corrected chi connectivity index (χ3v) is 16.2. The monoisotopic (exact) mass is 1130 g/mol. The van der Waals surface area contributed by atoms with Crippen LogP contribution in [-0.2, 0) is 89.3 Å². The minimum atomic E-state index is -5.60. The van der Waals surface area contributed by atoms with Crippen molar-refractivity contribution in [3.05, 3.63) is 66.7 Å². The van der Waals surface area contributed by atoms with E-state index in [1.165, 1.54) is 0 Å². The molecule has 0 heterocycles. The van der Waals surface area contributed by atoms with Gasteiger partial charge >= 0.3 is 20.8 Å². The summed E-state index contributed by atoms with van der Waals surface area (Å²) in [7, 11) is -40.4. The molecule has 5 aromatic carbocycles. The number of phenols is 1. The van der Waals surface area contributed by atoms with Crippen molar-refractivity contribution in [3.8, 4) is 5.75 Å². The fourth-order valence-corrected chi connectivity index (χ4v) is 11.4. The summed E-state index contributed by atoms with van der Waals surface area (Å²) < 4.78 is 259. The first-order valence-corrected chi connectivity index (χ1v) is 29.5. The Labute approximate surface area is 390 Å². The van der Waals surface area contributed by atoms with Crippen molar-refractivity contribution >= 4 is 131 Å². The number of rotatable bonds is 20. The fourth-order valence-electron chi connectivity index (χ4n) is 5.85. The van der Waals surface area contributed by atoms with Crippen molar-refractivity contribution < 1.29 is 108 Å². The van der Waals surface area contributed by atoms with Gasteiger partial charge in [0.2, 0.25) is 0 Å². The average Bonchev–Trinajstić information content (AvgIpc) is 3.18. The molecule has 8 N–H and O–H groups in total. The van der Waals surface area contributed by atoms with Gasteiger partial charge in [-0.05, 0) is 60.0 Å². The number of benzene rings is 5. The zero-order valence-corrected chi connectivity index (χ0v) is 40.0. The number of aromatic hydroxyl groups is 1. The Bertz CT molecular complexity index is 3940. The van der Waals surface area contributed by atoms with Crippen molar-refractivity contribution in [2.24, 2.45) is 20.5 Å². The van der Waals surface area contributed by atoms with Gasteiger partial charge in [-0.1, -0.05) is 12.1 Å². The Morgan fingerprint density at radius 3 is 1.49 bits per heavy atom. The van der Waals surface area contributed by atoms with E-state index in [0.717, 1.165) is 42.5 Å². The molecule has 0 aliphatic heterocycles. The minimum Gasteiger partial charge on any atom is -0.505 e. The van der Waals surface area contributed by atoms with Gasteiger partial charge in [-0.15, -0.1) is 20.5 Å². The lowest BCUT2D eigenvalue weighted by Crippen LogP contribution is -2.16. The van der Waals surface area contributed by atoms with Crippen LogP contribution in [0.25, 0.3) is 21.5 Å². The molecule has 0 unspecified atom stereocenters. The summed E-state index contributed by atoms with van der Waals surface area (Å²) >= 11 is 0. The molecule has 376 valence electrons. The third-order valence-electron chi connectivity index (χ3n) is 8.72. The number of nitrogens with zero attached hydrogens (tertiary/aromatic N) is 4. The van der Waals surface area contributed by atoms with Gasteiger partial charge in [0.1, 0.15) is 43.3 Å². The lowest BCUT2D eigenvalue weighted by atomic mass is 10.1. The normalized spacial score (nSPS) is 13.8. The molecule has 69 heavy (non-hydrogen) atoms. The van der Waals surface area contributed by atoms with Crippen molar-refractivity contribution in [3.63, 3.8) is 0 Å². The van der Waals surface area contributed by atoms with E-state index in [4.69, 9.17) is 9.11 Å². The van der Waals surface area contributed by atoms with E-state index in [-0.39, 0.29) is 5.39 Å². The highest BCUT2D eigenvalue weighted by Crippen LogP contribution is 2.47. The predicted molar refractivity (Wildman–Crippen MR) is 233 cm³/mol. The van der Waals surface area contributed by atoms with Gasteiger partial charge in [0, 0.05) is 16.2 Å². The van der Waals surface area contributed by atoms with Crippen LogP contribution in [-0.4, -0.2) is 130 Å². The van der Waals surface area contributed by atoms with Crippen LogP contribution in [0.1, 0.15) is 0 Å². The first-order valence-electron chi connectivity index (χ1n) is 17.6. The van der Waals surface area contributed by atoms with E-state index in [9.17, 15) is 90.7 Å². The van der Waals surface area contributed by atoms with Gasteiger partial charge in [0.15, 0.2) is 25.4 Å². The second kappa shape index (κ2) is 19.5. The van der Waals surface area contributed by atoms with Gasteiger partial charge in [0.25, 0.3) is 40.5 Å². The van der Waals surface area contributed by atoms with Crippen molar-refractivity contribution in [1.29, 1.82) is 0 Å². The molecule has 0 fully saturated rings. The van der Waals surface area contributed by atoms with Gasteiger partial charge < -0.3 is 10.4 Å². The summed E-state index contributed by atoms with van der Waals surface area (Å²) in [6, 6.07) is 8.48. The number of nitrogens with one attached hydrogen (secondary N) is 1. The second-order valence-corrected chi connectivity index (χ2v) is 25.4. The van der Waals surface area contributed by atoms with Crippen LogP contribution in [0.2, 0.25) is 0 Å².